The maximum atomic E-state index is 12.8. The van der Waals surface area contributed by atoms with Crippen LogP contribution in [0, 0.1) is 5.82 Å². The highest BCUT2D eigenvalue weighted by Gasteiger charge is 2.01. The van der Waals surface area contributed by atoms with Crippen molar-refractivity contribution in [2.75, 3.05) is 7.05 Å². The molecule has 2 aromatic rings. The van der Waals surface area contributed by atoms with Crippen molar-refractivity contribution in [2.45, 2.75) is 32.4 Å². The summed E-state index contributed by atoms with van der Waals surface area (Å²) in [5.41, 5.74) is 2.27. The Balaban J connectivity index is 1.83. The first kappa shape index (κ1) is 15.5. The molecule has 112 valence electrons. The van der Waals surface area contributed by atoms with Crippen molar-refractivity contribution in [3.63, 3.8) is 0 Å². The molecule has 0 fully saturated rings. The van der Waals surface area contributed by atoms with Gasteiger partial charge in [0.15, 0.2) is 0 Å². The van der Waals surface area contributed by atoms with Crippen molar-refractivity contribution in [1.29, 1.82) is 0 Å². The van der Waals surface area contributed by atoms with Crippen molar-refractivity contribution in [2.24, 2.45) is 0 Å². The van der Waals surface area contributed by atoms with Crippen LogP contribution >= 0.6 is 0 Å². The Kier molecular flexibility index (Phi) is 5.76. The Morgan fingerprint density at radius 1 is 1.00 bits per heavy atom. The fourth-order valence-electron chi connectivity index (χ4n) is 2.03. The van der Waals surface area contributed by atoms with Crippen molar-refractivity contribution in [3.05, 3.63) is 65.5 Å². The quantitative estimate of drug-likeness (QED) is 0.832. The first-order valence-electron chi connectivity index (χ1n) is 7.31. The molecule has 0 amide bonds. The van der Waals surface area contributed by atoms with Crippen LogP contribution < -0.4 is 10.1 Å². The lowest BCUT2D eigenvalue weighted by Gasteiger charge is -2.10. The fraction of sp³-hybridized carbons (Fsp3) is 0.333. The molecule has 2 nitrogen and oxygen atoms in total. The van der Waals surface area contributed by atoms with Gasteiger partial charge in [0, 0.05) is 6.04 Å². The second kappa shape index (κ2) is 7.79. The van der Waals surface area contributed by atoms with Crippen molar-refractivity contribution in [3.8, 4) is 5.75 Å². The van der Waals surface area contributed by atoms with E-state index in [1.807, 2.05) is 19.2 Å². The van der Waals surface area contributed by atoms with Crippen LogP contribution in [0.3, 0.4) is 0 Å². The average molecular weight is 287 g/mol. The summed E-state index contributed by atoms with van der Waals surface area (Å²) >= 11 is 0. The topological polar surface area (TPSA) is 21.3 Å². The predicted molar refractivity (Wildman–Crippen MR) is 84.0 cm³/mol. The van der Waals surface area contributed by atoms with Gasteiger partial charge in [-0.2, -0.15) is 0 Å². The third kappa shape index (κ3) is 5.20. The van der Waals surface area contributed by atoms with Crippen LogP contribution in [-0.2, 0) is 13.0 Å². The summed E-state index contributed by atoms with van der Waals surface area (Å²) in [5, 5.41) is 3.24. The summed E-state index contributed by atoms with van der Waals surface area (Å²) in [6.07, 6.45) is 2.17. The summed E-state index contributed by atoms with van der Waals surface area (Å²) in [7, 11) is 1.98. The van der Waals surface area contributed by atoms with Crippen molar-refractivity contribution < 1.29 is 9.13 Å². The Morgan fingerprint density at radius 2 is 1.62 bits per heavy atom. The molecule has 0 saturated carbocycles. The summed E-state index contributed by atoms with van der Waals surface area (Å²) < 4.78 is 18.5. The molecule has 2 aromatic carbocycles. The third-order valence-electron chi connectivity index (χ3n) is 3.60. The highest BCUT2D eigenvalue weighted by atomic mass is 19.1. The van der Waals surface area contributed by atoms with E-state index < -0.39 is 0 Å². The van der Waals surface area contributed by atoms with Gasteiger partial charge in [-0.15, -0.1) is 0 Å². The molecular formula is C18H22FNO. The van der Waals surface area contributed by atoms with Gasteiger partial charge in [0.2, 0.25) is 0 Å². The zero-order valence-corrected chi connectivity index (χ0v) is 12.6. The standard InChI is InChI=1S/C18H22FNO/c1-14(20-2)3-4-15-7-11-18(12-8-15)21-13-16-5-9-17(19)10-6-16/h5-12,14,20H,3-4,13H2,1-2H3. The van der Waals surface area contributed by atoms with Gasteiger partial charge in [0.1, 0.15) is 18.2 Å². The first-order valence-corrected chi connectivity index (χ1v) is 7.31. The summed E-state index contributed by atoms with van der Waals surface area (Å²) in [5.74, 6) is 0.614. The highest BCUT2D eigenvalue weighted by Crippen LogP contribution is 2.16. The second-order valence-corrected chi connectivity index (χ2v) is 5.29. The molecule has 0 aliphatic heterocycles. The number of halogens is 1. The fourth-order valence-corrected chi connectivity index (χ4v) is 2.03. The number of benzene rings is 2. The molecule has 1 atom stereocenters. The molecule has 0 spiro atoms. The smallest absolute Gasteiger partial charge is 0.123 e. The number of hydrogen-bond donors (Lipinski definition) is 1. The van der Waals surface area contributed by atoms with Crippen molar-refractivity contribution in [1.82, 2.24) is 5.32 Å². The Hall–Kier alpha value is -1.87. The van der Waals surface area contributed by atoms with E-state index in [1.54, 1.807) is 12.1 Å². The molecule has 1 unspecified atom stereocenters. The largest absolute Gasteiger partial charge is 0.489 e. The minimum atomic E-state index is -0.223. The molecule has 0 aromatic heterocycles. The molecule has 0 aliphatic carbocycles. The molecule has 0 heterocycles. The van der Waals surface area contributed by atoms with E-state index in [0.717, 1.165) is 24.2 Å². The zero-order valence-electron chi connectivity index (χ0n) is 12.6. The normalized spacial score (nSPS) is 12.1. The van der Waals surface area contributed by atoms with Crippen LogP contribution in [0.1, 0.15) is 24.5 Å². The van der Waals surface area contributed by atoms with E-state index in [2.05, 4.69) is 24.4 Å². The van der Waals surface area contributed by atoms with Gasteiger partial charge in [0.05, 0.1) is 0 Å². The maximum Gasteiger partial charge on any atom is 0.123 e. The monoisotopic (exact) mass is 287 g/mol. The molecule has 2 rings (SSSR count). The lowest BCUT2D eigenvalue weighted by molar-refractivity contribution is 0.306. The van der Waals surface area contributed by atoms with E-state index in [-0.39, 0.29) is 5.82 Å². The highest BCUT2D eigenvalue weighted by molar-refractivity contribution is 5.28. The van der Waals surface area contributed by atoms with Gasteiger partial charge >= 0.3 is 0 Å². The van der Waals surface area contributed by atoms with Crippen LogP contribution in [0.5, 0.6) is 5.75 Å². The van der Waals surface area contributed by atoms with Crippen LogP contribution in [0.25, 0.3) is 0 Å². The lowest BCUT2D eigenvalue weighted by Crippen LogP contribution is -2.21. The summed E-state index contributed by atoms with van der Waals surface area (Å²) in [6, 6.07) is 15.1. The molecule has 0 bridgehead atoms. The van der Waals surface area contributed by atoms with Gasteiger partial charge in [-0.1, -0.05) is 24.3 Å². The lowest BCUT2D eigenvalue weighted by atomic mass is 10.1. The zero-order chi connectivity index (χ0) is 15.1. The van der Waals surface area contributed by atoms with Gasteiger partial charge in [-0.05, 0) is 62.2 Å². The molecular weight excluding hydrogens is 265 g/mol. The number of aryl methyl sites for hydroxylation is 1. The summed E-state index contributed by atoms with van der Waals surface area (Å²) in [4.78, 5) is 0. The summed E-state index contributed by atoms with van der Waals surface area (Å²) in [6.45, 7) is 2.64. The average Bonchev–Trinajstić information content (AvgIpc) is 2.53. The van der Waals surface area contributed by atoms with Gasteiger partial charge in [-0.3, -0.25) is 0 Å². The molecule has 0 aliphatic rings. The van der Waals surface area contributed by atoms with E-state index in [0.29, 0.717) is 12.6 Å². The van der Waals surface area contributed by atoms with Gasteiger partial charge in [0.25, 0.3) is 0 Å². The number of nitrogens with one attached hydrogen (secondary N) is 1. The Bertz CT molecular complexity index is 536. The minimum Gasteiger partial charge on any atom is -0.489 e. The van der Waals surface area contributed by atoms with Crippen LogP contribution in [0.4, 0.5) is 4.39 Å². The maximum absolute atomic E-state index is 12.8. The first-order chi connectivity index (χ1) is 10.2. The van der Waals surface area contributed by atoms with E-state index in [9.17, 15) is 4.39 Å². The van der Waals surface area contributed by atoms with Crippen molar-refractivity contribution >= 4 is 0 Å². The minimum absolute atomic E-state index is 0.223. The van der Waals surface area contributed by atoms with Gasteiger partial charge < -0.3 is 10.1 Å². The van der Waals surface area contributed by atoms with Crippen LogP contribution in [0.2, 0.25) is 0 Å². The number of rotatable bonds is 7. The van der Waals surface area contributed by atoms with E-state index in [1.165, 1.54) is 17.7 Å². The van der Waals surface area contributed by atoms with Crippen LogP contribution in [-0.4, -0.2) is 13.1 Å². The molecule has 21 heavy (non-hydrogen) atoms. The van der Waals surface area contributed by atoms with E-state index in [4.69, 9.17) is 4.74 Å². The molecule has 1 N–H and O–H groups in total. The SMILES string of the molecule is CNC(C)CCc1ccc(OCc2ccc(F)cc2)cc1. The number of hydrogen-bond acceptors (Lipinski definition) is 2. The number of ether oxygens (including phenoxy) is 1. The van der Waals surface area contributed by atoms with Crippen LogP contribution in [0.15, 0.2) is 48.5 Å². The Labute approximate surface area is 126 Å². The predicted octanol–water partition coefficient (Wildman–Crippen LogP) is 3.95. The van der Waals surface area contributed by atoms with E-state index >= 15 is 0 Å². The molecule has 0 saturated heterocycles. The molecule has 0 radical (unpaired) electrons. The third-order valence-corrected chi connectivity index (χ3v) is 3.60. The second-order valence-electron chi connectivity index (χ2n) is 5.29. The van der Waals surface area contributed by atoms with Gasteiger partial charge in [-0.25, -0.2) is 4.39 Å². The Morgan fingerprint density at radius 3 is 2.24 bits per heavy atom. The molecule has 3 heteroatoms.